The van der Waals surface area contributed by atoms with Gasteiger partial charge in [-0.25, -0.2) is 0 Å². The molecule has 2 unspecified atom stereocenters. The molecule has 112 valence electrons. The number of hydrogen-bond acceptors (Lipinski definition) is 3. The van der Waals surface area contributed by atoms with Gasteiger partial charge < -0.3 is 16.0 Å². The van der Waals surface area contributed by atoms with Crippen molar-refractivity contribution >= 4 is 17.3 Å². The van der Waals surface area contributed by atoms with Crippen molar-refractivity contribution in [3.63, 3.8) is 0 Å². The molecule has 4 heteroatoms. The smallest absolute Gasteiger partial charge is 0.242 e. The Balaban J connectivity index is 2.84. The second-order valence-electron chi connectivity index (χ2n) is 5.28. The molecule has 0 fully saturated rings. The van der Waals surface area contributed by atoms with Gasteiger partial charge in [-0.05, 0) is 51.0 Å². The molecule has 0 aliphatic carbocycles. The van der Waals surface area contributed by atoms with Crippen LogP contribution in [0.2, 0.25) is 0 Å². The molecule has 4 nitrogen and oxygen atoms in total. The molecule has 1 amide bonds. The van der Waals surface area contributed by atoms with Crippen LogP contribution in [0, 0.1) is 0 Å². The number of hydrogen-bond donors (Lipinski definition) is 2. The molecule has 1 rings (SSSR count). The highest BCUT2D eigenvalue weighted by Crippen LogP contribution is 2.19. The van der Waals surface area contributed by atoms with Crippen LogP contribution in [0.5, 0.6) is 0 Å². The van der Waals surface area contributed by atoms with E-state index in [0.29, 0.717) is 0 Å². The van der Waals surface area contributed by atoms with E-state index in [1.807, 2.05) is 38.1 Å². The molecule has 0 saturated carbocycles. The van der Waals surface area contributed by atoms with Crippen molar-refractivity contribution in [2.45, 2.75) is 52.6 Å². The predicted octanol–water partition coefficient (Wildman–Crippen LogP) is 2.79. The molecule has 0 aliphatic heterocycles. The summed E-state index contributed by atoms with van der Waals surface area (Å²) in [6.07, 6.45) is 1.93. The van der Waals surface area contributed by atoms with Crippen LogP contribution < -0.4 is 16.0 Å². The van der Waals surface area contributed by atoms with E-state index >= 15 is 0 Å². The molecule has 20 heavy (non-hydrogen) atoms. The molecule has 0 aliphatic rings. The Morgan fingerprint density at radius 2 is 1.85 bits per heavy atom. The van der Waals surface area contributed by atoms with Crippen molar-refractivity contribution in [1.82, 2.24) is 5.32 Å². The number of rotatable bonds is 7. The highest BCUT2D eigenvalue weighted by atomic mass is 16.2. The molecule has 3 N–H and O–H groups in total. The average Bonchev–Trinajstić information content (AvgIpc) is 2.45. The monoisotopic (exact) mass is 277 g/mol. The van der Waals surface area contributed by atoms with E-state index in [2.05, 4.69) is 24.1 Å². The maximum atomic E-state index is 12.3. The van der Waals surface area contributed by atoms with Gasteiger partial charge in [-0.15, -0.1) is 0 Å². The predicted molar refractivity (Wildman–Crippen MR) is 85.8 cm³/mol. The highest BCUT2D eigenvalue weighted by molar-refractivity contribution is 5.85. The molecule has 0 heterocycles. The minimum Gasteiger partial charge on any atom is -0.399 e. The van der Waals surface area contributed by atoms with Gasteiger partial charge >= 0.3 is 0 Å². The Hall–Kier alpha value is -1.71. The zero-order chi connectivity index (χ0) is 15.1. The molecule has 0 aromatic heterocycles. The lowest BCUT2D eigenvalue weighted by Crippen LogP contribution is -2.48. The van der Waals surface area contributed by atoms with Gasteiger partial charge in [-0.1, -0.05) is 13.8 Å². The van der Waals surface area contributed by atoms with Gasteiger partial charge in [-0.3, -0.25) is 4.79 Å². The summed E-state index contributed by atoms with van der Waals surface area (Å²) in [7, 11) is 0. The summed E-state index contributed by atoms with van der Waals surface area (Å²) in [5.41, 5.74) is 7.50. The summed E-state index contributed by atoms with van der Waals surface area (Å²) >= 11 is 0. The minimum absolute atomic E-state index is 0.0737. The zero-order valence-corrected chi connectivity index (χ0v) is 13.0. The fourth-order valence-electron chi connectivity index (χ4n) is 2.06. The first kappa shape index (κ1) is 16.3. The fraction of sp³-hybridized carbons (Fsp3) is 0.562. The number of carbonyl (C=O) groups is 1. The number of nitrogen functional groups attached to an aromatic ring is 1. The first-order valence-electron chi connectivity index (χ1n) is 7.42. The SMILES string of the molecule is CCCN(c1ccc(N)cc1)C(C)C(=O)NC(C)CC. The second kappa shape index (κ2) is 7.78. The van der Waals surface area contributed by atoms with Crippen molar-refractivity contribution in [3.05, 3.63) is 24.3 Å². The van der Waals surface area contributed by atoms with Crippen LogP contribution in [0.15, 0.2) is 24.3 Å². The first-order chi connectivity index (χ1) is 9.49. The lowest BCUT2D eigenvalue weighted by molar-refractivity contribution is -0.122. The molecular weight excluding hydrogens is 250 g/mol. The van der Waals surface area contributed by atoms with E-state index in [-0.39, 0.29) is 18.0 Å². The van der Waals surface area contributed by atoms with E-state index in [0.717, 1.165) is 30.8 Å². The topological polar surface area (TPSA) is 58.4 Å². The molecule has 0 spiro atoms. The number of anilines is 2. The second-order valence-corrected chi connectivity index (χ2v) is 5.28. The molecule has 0 saturated heterocycles. The first-order valence-corrected chi connectivity index (χ1v) is 7.42. The van der Waals surface area contributed by atoms with Crippen molar-refractivity contribution in [3.8, 4) is 0 Å². The lowest BCUT2D eigenvalue weighted by atomic mass is 10.1. The van der Waals surface area contributed by atoms with Crippen LogP contribution in [0.1, 0.15) is 40.5 Å². The molecular formula is C16H27N3O. The summed E-state index contributed by atoms with van der Waals surface area (Å²) in [5, 5.41) is 3.04. The Morgan fingerprint density at radius 3 is 2.35 bits per heavy atom. The van der Waals surface area contributed by atoms with Crippen LogP contribution >= 0.6 is 0 Å². The third kappa shape index (κ3) is 4.44. The number of carbonyl (C=O) groups excluding carboxylic acids is 1. The highest BCUT2D eigenvalue weighted by Gasteiger charge is 2.21. The van der Waals surface area contributed by atoms with Gasteiger partial charge in [0.05, 0.1) is 0 Å². The van der Waals surface area contributed by atoms with Gasteiger partial charge in [-0.2, -0.15) is 0 Å². The third-order valence-corrected chi connectivity index (χ3v) is 3.54. The summed E-state index contributed by atoms with van der Waals surface area (Å²) in [6.45, 7) is 9.00. The maximum Gasteiger partial charge on any atom is 0.242 e. The van der Waals surface area contributed by atoms with E-state index in [4.69, 9.17) is 5.73 Å². The van der Waals surface area contributed by atoms with Gasteiger partial charge in [0.2, 0.25) is 5.91 Å². The fourth-order valence-corrected chi connectivity index (χ4v) is 2.06. The van der Waals surface area contributed by atoms with Crippen molar-refractivity contribution in [1.29, 1.82) is 0 Å². The van der Waals surface area contributed by atoms with Gasteiger partial charge in [0.1, 0.15) is 6.04 Å². The van der Waals surface area contributed by atoms with Crippen LogP contribution in [0.3, 0.4) is 0 Å². The summed E-state index contributed by atoms with van der Waals surface area (Å²) < 4.78 is 0. The molecule has 0 bridgehead atoms. The van der Waals surface area contributed by atoms with Gasteiger partial charge in [0, 0.05) is 24.0 Å². The number of nitrogens with zero attached hydrogens (tertiary/aromatic N) is 1. The molecule has 1 aromatic rings. The Kier molecular flexibility index (Phi) is 6.36. The third-order valence-electron chi connectivity index (χ3n) is 3.54. The normalized spacial score (nSPS) is 13.6. The largest absolute Gasteiger partial charge is 0.399 e. The lowest BCUT2D eigenvalue weighted by Gasteiger charge is -2.31. The zero-order valence-electron chi connectivity index (χ0n) is 13.0. The van der Waals surface area contributed by atoms with E-state index in [1.54, 1.807) is 0 Å². The number of amides is 1. The van der Waals surface area contributed by atoms with Crippen molar-refractivity contribution in [2.75, 3.05) is 17.2 Å². The number of nitrogens with two attached hydrogens (primary N) is 1. The van der Waals surface area contributed by atoms with Gasteiger partial charge in [0.15, 0.2) is 0 Å². The van der Waals surface area contributed by atoms with Crippen molar-refractivity contribution < 1.29 is 4.79 Å². The van der Waals surface area contributed by atoms with E-state index in [9.17, 15) is 4.79 Å². The van der Waals surface area contributed by atoms with Crippen LogP contribution in [-0.4, -0.2) is 24.5 Å². The summed E-state index contributed by atoms with van der Waals surface area (Å²) in [5.74, 6) is 0.0737. The molecule has 2 atom stereocenters. The maximum absolute atomic E-state index is 12.3. The van der Waals surface area contributed by atoms with E-state index in [1.165, 1.54) is 0 Å². The quantitative estimate of drug-likeness (QED) is 0.753. The van der Waals surface area contributed by atoms with Gasteiger partial charge in [0.25, 0.3) is 0 Å². The van der Waals surface area contributed by atoms with E-state index < -0.39 is 0 Å². The Labute approximate surface area is 122 Å². The Bertz CT molecular complexity index is 416. The minimum atomic E-state index is -0.187. The number of benzene rings is 1. The summed E-state index contributed by atoms with van der Waals surface area (Å²) in [6, 6.07) is 7.71. The standard InChI is InChI=1S/C16H27N3O/c1-5-11-19(15-9-7-14(17)8-10-15)13(4)16(20)18-12(3)6-2/h7-10,12-13H,5-6,11,17H2,1-4H3,(H,18,20). The Morgan fingerprint density at radius 1 is 1.25 bits per heavy atom. The van der Waals surface area contributed by atoms with Crippen molar-refractivity contribution in [2.24, 2.45) is 0 Å². The number of nitrogens with one attached hydrogen (secondary N) is 1. The summed E-state index contributed by atoms with van der Waals surface area (Å²) in [4.78, 5) is 14.4. The molecule has 0 radical (unpaired) electrons. The average molecular weight is 277 g/mol. The molecule has 1 aromatic carbocycles. The van der Waals surface area contributed by atoms with Crippen LogP contribution in [0.25, 0.3) is 0 Å². The van der Waals surface area contributed by atoms with Crippen LogP contribution in [0.4, 0.5) is 11.4 Å². The van der Waals surface area contributed by atoms with Crippen LogP contribution in [-0.2, 0) is 4.79 Å².